The highest BCUT2D eigenvalue weighted by atomic mass is 16.3. The topological polar surface area (TPSA) is 25.2 Å². The standard InChI is InChI=1S/C11H19NO/c1-11(2,3)7-10(12-4)9-5-6-13-8-9/h5-6,8,10,12H,7H2,1-4H3. The Morgan fingerprint density at radius 1 is 1.46 bits per heavy atom. The molecule has 0 radical (unpaired) electrons. The molecule has 13 heavy (non-hydrogen) atoms. The number of nitrogens with one attached hydrogen (secondary N) is 1. The molecule has 0 fully saturated rings. The van der Waals surface area contributed by atoms with E-state index < -0.39 is 0 Å². The fraction of sp³-hybridized carbons (Fsp3) is 0.636. The molecule has 0 aliphatic heterocycles. The van der Waals surface area contributed by atoms with E-state index in [1.807, 2.05) is 19.4 Å². The first kappa shape index (κ1) is 10.3. The predicted molar refractivity (Wildman–Crippen MR) is 54.6 cm³/mol. The first-order valence-electron chi connectivity index (χ1n) is 4.72. The van der Waals surface area contributed by atoms with E-state index in [2.05, 4.69) is 26.1 Å². The first-order valence-corrected chi connectivity index (χ1v) is 4.72. The molecule has 2 heteroatoms. The van der Waals surface area contributed by atoms with Crippen LogP contribution in [0.4, 0.5) is 0 Å². The molecule has 1 aromatic rings. The van der Waals surface area contributed by atoms with Crippen LogP contribution in [0.1, 0.15) is 38.8 Å². The van der Waals surface area contributed by atoms with Crippen LogP contribution in [0, 0.1) is 5.41 Å². The lowest BCUT2D eigenvalue weighted by atomic mass is 9.86. The van der Waals surface area contributed by atoms with E-state index in [1.54, 1.807) is 6.26 Å². The molecular weight excluding hydrogens is 162 g/mol. The molecule has 0 aliphatic carbocycles. The van der Waals surface area contributed by atoms with Gasteiger partial charge in [-0.1, -0.05) is 20.8 Å². The average Bonchev–Trinajstić information content (AvgIpc) is 2.50. The van der Waals surface area contributed by atoms with Gasteiger partial charge in [-0.2, -0.15) is 0 Å². The third-order valence-electron chi connectivity index (χ3n) is 2.11. The van der Waals surface area contributed by atoms with Gasteiger partial charge in [-0.3, -0.25) is 0 Å². The van der Waals surface area contributed by atoms with Crippen molar-refractivity contribution in [1.82, 2.24) is 5.32 Å². The van der Waals surface area contributed by atoms with Crippen molar-refractivity contribution in [2.24, 2.45) is 5.41 Å². The lowest BCUT2D eigenvalue weighted by Gasteiger charge is -2.24. The summed E-state index contributed by atoms with van der Waals surface area (Å²) in [6.07, 6.45) is 4.65. The van der Waals surface area contributed by atoms with Crippen LogP contribution in [0.25, 0.3) is 0 Å². The van der Waals surface area contributed by atoms with Crippen LogP contribution >= 0.6 is 0 Å². The molecule has 1 heterocycles. The van der Waals surface area contributed by atoms with Crippen LogP contribution in [0.5, 0.6) is 0 Å². The summed E-state index contributed by atoms with van der Waals surface area (Å²) in [5.74, 6) is 0. The van der Waals surface area contributed by atoms with Crippen LogP contribution in [0.2, 0.25) is 0 Å². The van der Waals surface area contributed by atoms with Gasteiger partial charge in [0, 0.05) is 11.6 Å². The SMILES string of the molecule is CNC(CC(C)(C)C)c1ccoc1. The summed E-state index contributed by atoms with van der Waals surface area (Å²) in [5.41, 5.74) is 1.57. The van der Waals surface area contributed by atoms with E-state index in [1.165, 1.54) is 5.56 Å². The summed E-state index contributed by atoms with van der Waals surface area (Å²) in [6, 6.07) is 2.42. The van der Waals surface area contributed by atoms with Crippen LogP contribution in [-0.2, 0) is 0 Å². The minimum atomic E-state index is 0.338. The number of furan rings is 1. The van der Waals surface area contributed by atoms with Crippen molar-refractivity contribution < 1.29 is 4.42 Å². The summed E-state index contributed by atoms with van der Waals surface area (Å²) in [4.78, 5) is 0. The van der Waals surface area contributed by atoms with Gasteiger partial charge in [0.15, 0.2) is 0 Å². The lowest BCUT2D eigenvalue weighted by Crippen LogP contribution is -2.21. The largest absolute Gasteiger partial charge is 0.472 e. The van der Waals surface area contributed by atoms with E-state index >= 15 is 0 Å². The highest BCUT2D eigenvalue weighted by Crippen LogP contribution is 2.29. The Balaban J connectivity index is 2.64. The molecule has 0 bridgehead atoms. The van der Waals surface area contributed by atoms with Crippen molar-refractivity contribution in [2.75, 3.05) is 7.05 Å². The van der Waals surface area contributed by atoms with E-state index in [4.69, 9.17) is 4.42 Å². The Kier molecular flexibility index (Phi) is 3.15. The molecule has 0 saturated carbocycles. The highest BCUT2D eigenvalue weighted by molar-refractivity contribution is 5.11. The summed E-state index contributed by atoms with van der Waals surface area (Å²) >= 11 is 0. The van der Waals surface area contributed by atoms with Gasteiger partial charge in [-0.05, 0) is 24.9 Å². The molecule has 74 valence electrons. The van der Waals surface area contributed by atoms with Crippen LogP contribution in [0.15, 0.2) is 23.0 Å². The van der Waals surface area contributed by atoms with Crippen LogP contribution < -0.4 is 5.32 Å². The quantitative estimate of drug-likeness (QED) is 0.775. The Labute approximate surface area is 80.3 Å². The Morgan fingerprint density at radius 2 is 2.15 bits per heavy atom. The van der Waals surface area contributed by atoms with Crippen molar-refractivity contribution >= 4 is 0 Å². The Bertz CT molecular complexity index is 233. The van der Waals surface area contributed by atoms with Gasteiger partial charge in [0.1, 0.15) is 0 Å². The monoisotopic (exact) mass is 181 g/mol. The third kappa shape index (κ3) is 3.23. The number of hydrogen-bond acceptors (Lipinski definition) is 2. The van der Waals surface area contributed by atoms with Gasteiger partial charge in [0.05, 0.1) is 12.5 Å². The van der Waals surface area contributed by atoms with E-state index in [9.17, 15) is 0 Å². The summed E-state index contributed by atoms with van der Waals surface area (Å²) < 4.78 is 5.07. The molecule has 1 N–H and O–H groups in total. The molecule has 0 amide bonds. The molecule has 1 aromatic heterocycles. The molecule has 1 atom stereocenters. The maximum absolute atomic E-state index is 5.07. The van der Waals surface area contributed by atoms with Gasteiger partial charge in [0.2, 0.25) is 0 Å². The van der Waals surface area contributed by atoms with Gasteiger partial charge < -0.3 is 9.73 Å². The zero-order valence-corrected chi connectivity index (χ0v) is 8.92. The van der Waals surface area contributed by atoms with Gasteiger partial charge in [-0.15, -0.1) is 0 Å². The van der Waals surface area contributed by atoms with Gasteiger partial charge in [-0.25, -0.2) is 0 Å². The Hall–Kier alpha value is -0.760. The smallest absolute Gasteiger partial charge is 0.0950 e. The Morgan fingerprint density at radius 3 is 2.54 bits per heavy atom. The molecule has 1 unspecified atom stereocenters. The third-order valence-corrected chi connectivity index (χ3v) is 2.11. The normalized spacial score (nSPS) is 14.5. The molecule has 2 nitrogen and oxygen atoms in total. The van der Waals surface area contributed by atoms with E-state index in [0.717, 1.165) is 6.42 Å². The van der Waals surface area contributed by atoms with Crippen LogP contribution in [-0.4, -0.2) is 7.05 Å². The van der Waals surface area contributed by atoms with E-state index in [0.29, 0.717) is 11.5 Å². The maximum atomic E-state index is 5.07. The molecular formula is C11H19NO. The molecule has 0 aromatic carbocycles. The molecule has 0 spiro atoms. The molecule has 0 saturated heterocycles. The van der Waals surface area contributed by atoms with Crippen molar-refractivity contribution in [1.29, 1.82) is 0 Å². The fourth-order valence-corrected chi connectivity index (χ4v) is 1.47. The predicted octanol–water partition coefficient (Wildman–Crippen LogP) is 2.98. The molecule has 0 aliphatic rings. The second-order valence-electron chi connectivity index (χ2n) is 4.66. The second-order valence-corrected chi connectivity index (χ2v) is 4.66. The lowest BCUT2D eigenvalue weighted by molar-refractivity contribution is 0.320. The van der Waals surface area contributed by atoms with Gasteiger partial charge >= 0.3 is 0 Å². The first-order chi connectivity index (χ1) is 6.03. The van der Waals surface area contributed by atoms with Crippen molar-refractivity contribution in [2.45, 2.75) is 33.2 Å². The molecule has 1 rings (SSSR count). The van der Waals surface area contributed by atoms with E-state index in [-0.39, 0.29) is 0 Å². The maximum Gasteiger partial charge on any atom is 0.0950 e. The minimum Gasteiger partial charge on any atom is -0.472 e. The summed E-state index contributed by atoms with van der Waals surface area (Å²) in [5, 5.41) is 3.30. The zero-order valence-electron chi connectivity index (χ0n) is 8.92. The highest BCUT2D eigenvalue weighted by Gasteiger charge is 2.19. The fourth-order valence-electron chi connectivity index (χ4n) is 1.47. The van der Waals surface area contributed by atoms with Crippen molar-refractivity contribution in [3.8, 4) is 0 Å². The van der Waals surface area contributed by atoms with Crippen molar-refractivity contribution in [3.63, 3.8) is 0 Å². The zero-order chi connectivity index (χ0) is 9.90. The van der Waals surface area contributed by atoms with Crippen molar-refractivity contribution in [3.05, 3.63) is 24.2 Å². The van der Waals surface area contributed by atoms with Gasteiger partial charge in [0.25, 0.3) is 0 Å². The second kappa shape index (κ2) is 3.97. The minimum absolute atomic E-state index is 0.338. The number of hydrogen-bond donors (Lipinski definition) is 1. The summed E-state index contributed by atoms with van der Waals surface area (Å²) in [6.45, 7) is 6.74. The summed E-state index contributed by atoms with van der Waals surface area (Å²) in [7, 11) is 1.99. The average molecular weight is 181 g/mol. The van der Waals surface area contributed by atoms with Crippen LogP contribution in [0.3, 0.4) is 0 Å². The number of rotatable bonds is 3.